The lowest BCUT2D eigenvalue weighted by Gasteiger charge is -2.46. The summed E-state index contributed by atoms with van der Waals surface area (Å²) in [5, 5.41) is 0.652. The van der Waals surface area contributed by atoms with Gasteiger partial charge in [-0.05, 0) is 120 Å². The van der Waals surface area contributed by atoms with Crippen molar-refractivity contribution in [3.8, 4) is 5.75 Å². The first kappa shape index (κ1) is 30.3. The van der Waals surface area contributed by atoms with E-state index in [4.69, 9.17) is 21.3 Å². The zero-order chi connectivity index (χ0) is 31.2. The van der Waals surface area contributed by atoms with E-state index >= 15 is 0 Å². The first-order valence-electron chi connectivity index (χ1n) is 16.7. The number of nitrogens with zero attached hydrogens (tertiary/aromatic N) is 4. The minimum atomic E-state index is -0.955. The molecule has 0 aliphatic carbocycles. The first-order valence-corrected chi connectivity index (χ1v) is 17.1. The lowest BCUT2D eigenvalue weighted by atomic mass is 9.70. The monoisotopic (exact) mass is 624 g/mol. The molecule has 7 rings (SSSR count). The molecule has 3 aromatic carbocycles. The van der Waals surface area contributed by atoms with Crippen LogP contribution in [0.2, 0.25) is 5.02 Å². The fraction of sp³-hybridized carbons (Fsp3) is 0.474. The normalized spacial score (nSPS) is 23.4. The molecule has 2 unspecified atom stereocenters. The maximum absolute atomic E-state index is 13.7. The summed E-state index contributed by atoms with van der Waals surface area (Å²) in [6.07, 6.45) is 8.01. The summed E-state index contributed by atoms with van der Waals surface area (Å²) in [6, 6.07) is 28.6. The highest BCUT2D eigenvalue weighted by Crippen LogP contribution is 2.45. The average Bonchev–Trinajstić information content (AvgIpc) is 3.51. The van der Waals surface area contributed by atoms with Crippen LogP contribution in [-0.4, -0.2) is 62.6 Å². The number of rotatable bonds is 8. The standard InChI is InChI=1S/C38H45ClN4O2/c1-27-40-34-11-7-8-12-35(34)43(27)32-25-30-15-16-31(26-32)42(30)24-21-38(28-9-5-4-6-10-28)19-22-41(23-20-38)36(44)37(2,3)45-33-17-13-29(39)14-18-33/h4-14,17-18,30-32H,15-16,19-26H2,1-3H3. The molecule has 4 aromatic rings. The fourth-order valence-corrected chi connectivity index (χ4v) is 8.75. The molecule has 2 atom stereocenters. The Hall–Kier alpha value is -3.35. The van der Waals surface area contributed by atoms with Crippen molar-refractivity contribution in [1.29, 1.82) is 0 Å². The fourth-order valence-electron chi connectivity index (χ4n) is 8.62. The molecule has 6 nitrogen and oxygen atoms in total. The van der Waals surface area contributed by atoms with Gasteiger partial charge >= 0.3 is 0 Å². The largest absolute Gasteiger partial charge is 0.478 e. The molecule has 3 fully saturated rings. The topological polar surface area (TPSA) is 50.6 Å². The number of benzene rings is 3. The quantitative estimate of drug-likeness (QED) is 0.199. The van der Waals surface area contributed by atoms with Gasteiger partial charge in [0.05, 0.1) is 11.0 Å². The van der Waals surface area contributed by atoms with Gasteiger partial charge in [-0.2, -0.15) is 0 Å². The predicted molar refractivity (Wildman–Crippen MR) is 181 cm³/mol. The number of hydrogen-bond acceptors (Lipinski definition) is 4. The van der Waals surface area contributed by atoms with Gasteiger partial charge in [0.15, 0.2) is 5.60 Å². The molecule has 0 N–H and O–H groups in total. The van der Waals surface area contributed by atoms with Crippen LogP contribution < -0.4 is 4.74 Å². The second-order valence-electron chi connectivity index (χ2n) is 14.0. The number of hydrogen-bond donors (Lipinski definition) is 0. The summed E-state index contributed by atoms with van der Waals surface area (Å²) in [7, 11) is 0. The van der Waals surface area contributed by atoms with Crippen LogP contribution in [0.4, 0.5) is 0 Å². The molecule has 0 saturated carbocycles. The van der Waals surface area contributed by atoms with E-state index in [-0.39, 0.29) is 11.3 Å². The highest BCUT2D eigenvalue weighted by atomic mass is 35.5. The highest BCUT2D eigenvalue weighted by Gasteiger charge is 2.45. The molecule has 1 amide bonds. The van der Waals surface area contributed by atoms with Crippen molar-refractivity contribution in [1.82, 2.24) is 19.4 Å². The van der Waals surface area contributed by atoms with E-state index in [9.17, 15) is 4.79 Å². The van der Waals surface area contributed by atoms with E-state index < -0.39 is 5.60 Å². The number of carbonyl (C=O) groups excluding carboxylic acids is 1. The molecular weight excluding hydrogens is 580 g/mol. The van der Waals surface area contributed by atoms with Crippen LogP contribution in [-0.2, 0) is 10.2 Å². The van der Waals surface area contributed by atoms with E-state index in [1.165, 1.54) is 36.8 Å². The van der Waals surface area contributed by atoms with Gasteiger partial charge in [-0.1, -0.05) is 54.1 Å². The molecule has 7 heteroatoms. The van der Waals surface area contributed by atoms with Gasteiger partial charge < -0.3 is 14.2 Å². The van der Waals surface area contributed by atoms with Gasteiger partial charge in [-0.15, -0.1) is 0 Å². The van der Waals surface area contributed by atoms with Crippen molar-refractivity contribution in [2.45, 2.75) is 94.9 Å². The van der Waals surface area contributed by atoms with Crippen LogP contribution in [0.15, 0.2) is 78.9 Å². The number of carbonyl (C=O) groups is 1. The van der Waals surface area contributed by atoms with Crippen molar-refractivity contribution >= 4 is 28.5 Å². The molecule has 2 bridgehead atoms. The number of aryl methyl sites for hydroxylation is 1. The van der Waals surface area contributed by atoms with E-state index in [1.807, 2.05) is 30.9 Å². The number of para-hydroxylation sites is 2. The van der Waals surface area contributed by atoms with Gasteiger partial charge in [0, 0.05) is 36.2 Å². The van der Waals surface area contributed by atoms with Crippen LogP contribution in [0, 0.1) is 6.92 Å². The summed E-state index contributed by atoms with van der Waals surface area (Å²) >= 11 is 6.05. The second kappa shape index (κ2) is 12.1. The molecule has 0 radical (unpaired) electrons. The van der Waals surface area contributed by atoms with Gasteiger partial charge in [0.25, 0.3) is 5.91 Å². The van der Waals surface area contributed by atoms with Crippen molar-refractivity contribution in [3.63, 3.8) is 0 Å². The van der Waals surface area contributed by atoms with E-state index in [1.54, 1.807) is 12.1 Å². The summed E-state index contributed by atoms with van der Waals surface area (Å²) in [4.78, 5) is 23.5. The van der Waals surface area contributed by atoms with Crippen LogP contribution in [0.3, 0.4) is 0 Å². The second-order valence-corrected chi connectivity index (χ2v) is 14.5. The zero-order valence-electron chi connectivity index (χ0n) is 26.8. The van der Waals surface area contributed by atoms with Gasteiger partial charge in [0.2, 0.25) is 0 Å². The molecule has 236 valence electrons. The minimum absolute atomic E-state index is 0.0431. The van der Waals surface area contributed by atoms with E-state index in [2.05, 4.69) is 71.0 Å². The van der Waals surface area contributed by atoms with E-state index in [0.29, 0.717) is 28.9 Å². The summed E-state index contributed by atoms with van der Waals surface area (Å²) < 4.78 is 8.69. The van der Waals surface area contributed by atoms with Crippen molar-refractivity contribution in [2.75, 3.05) is 19.6 Å². The summed E-state index contributed by atoms with van der Waals surface area (Å²) in [5.41, 5.74) is 2.91. The number of piperidine rings is 2. The zero-order valence-corrected chi connectivity index (χ0v) is 27.5. The molecule has 0 spiro atoms. The third-order valence-electron chi connectivity index (χ3n) is 10.9. The maximum atomic E-state index is 13.7. The number of imidazole rings is 1. The molecule has 3 aliphatic rings. The van der Waals surface area contributed by atoms with E-state index in [0.717, 1.165) is 50.2 Å². The van der Waals surface area contributed by atoms with Gasteiger partial charge in [-0.3, -0.25) is 9.69 Å². The Balaban J connectivity index is 1.03. The predicted octanol–water partition coefficient (Wildman–Crippen LogP) is 7.97. The SMILES string of the molecule is Cc1nc2ccccc2n1C1CC2CCC(C1)N2CCC1(c2ccccc2)CCN(C(=O)C(C)(C)Oc2ccc(Cl)cc2)CC1. The molecular formula is C38H45ClN4O2. The Morgan fingerprint density at radius 1 is 0.911 bits per heavy atom. The van der Waals surface area contributed by atoms with Crippen molar-refractivity contribution in [3.05, 3.63) is 95.3 Å². The Morgan fingerprint density at radius 3 is 2.24 bits per heavy atom. The molecule has 4 heterocycles. The van der Waals surface area contributed by atoms with Crippen molar-refractivity contribution < 1.29 is 9.53 Å². The molecule has 3 saturated heterocycles. The van der Waals surface area contributed by atoms with Crippen LogP contribution in [0.1, 0.15) is 76.2 Å². The molecule has 1 aromatic heterocycles. The number of halogens is 1. The number of amides is 1. The lowest BCUT2D eigenvalue weighted by molar-refractivity contribution is -0.147. The Morgan fingerprint density at radius 2 is 1.56 bits per heavy atom. The van der Waals surface area contributed by atoms with Crippen LogP contribution >= 0.6 is 11.6 Å². The Bertz CT molecular complexity index is 1630. The van der Waals surface area contributed by atoms with Crippen LogP contribution in [0.5, 0.6) is 5.75 Å². The summed E-state index contributed by atoms with van der Waals surface area (Å²) in [5.74, 6) is 1.84. The van der Waals surface area contributed by atoms with Crippen molar-refractivity contribution in [2.24, 2.45) is 0 Å². The Labute approximate surface area is 272 Å². The lowest BCUT2D eigenvalue weighted by Crippen LogP contribution is -2.54. The third-order valence-corrected chi connectivity index (χ3v) is 11.2. The smallest absolute Gasteiger partial charge is 0.266 e. The molecule has 45 heavy (non-hydrogen) atoms. The maximum Gasteiger partial charge on any atom is 0.266 e. The van der Waals surface area contributed by atoms with Gasteiger partial charge in [-0.25, -0.2) is 4.98 Å². The average molecular weight is 625 g/mol. The van der Waals surface area contributed by atoms with Gasteiger partial charge in [0.1, 0.15) is 11.6 Å². The first-order chi connectivity index (χ1) is 21.7. The Kier molecular flexibility index (Phi) is 8.16. The highest BCUT2D eigenvalue weighted by molar-refractivity contribution is 6.30. The number of fused-ring (bicyclic) bond motifs is 3. The number of aromatic nitrogens is 2. The number of likely N-dealkylation sites (tertiary alicyclic amines) is 1. The van der Waals surface area contributed by atoms with Crippen LogP contribution in [0.25, 0.3) is 11.0 Å². The summed E-state index contributed by atoms with van der Waals surface area (Å²) in [6.45, 7) is 8.50. The number of ether oxygens (including phenoxy) is 1. The minimum Gasteiger partial charge on any atom is -0.478 e. The molecule has 3 aliphatic heterocycles. The third kappa shape index (κ3) is 5.88.